The van der Waals surface area contributed by atoms with Gasteiger partial charge in [0.2, 0.25) is 11.8 Å². The number of nitrogens with one attached hydrogen (secondary N) is 1. The Balaban J connectivity index is 2.18. The maximum Gasteiger partial charge on any atom is 0.239 e. The summed E-state index contributed by atoms with van der Waals surface area (Å²) in [5.41, 5.74) is 0. The van der Waals surface area contributed by atoms with Crippen molar-refractivity contribution in [2.45, 2.75) is 6.10 Å². The zero-order chi connectivity index (χ0) is 12.0. The van der Waals surface area contributed by atoms with E-state index in [1.807, 2.05) is 0 Å². The predicted octanol–water partition coefficient (Wildman–Crippen LogP) is -1.36. The standard InChI is InChI=1S/C9H16N2O4S/c1-15-4-7(12)2-10-8(13)3-11-6-16-5-9(11)14/h7,12H,2-6H2,1H3,(H,10,13). The van der Waals surface area contributed by atoms with Crippen LogP contribution < -0.4 is 5.32 Å². The van der Waals surface area contributed by atoms with Crippen molar-refractivity contribution < 1.29 is 19.4 Å². The fourth-order valence-corrected chi connectivity index (χ4v) is 2.16. The maximum absolute atomic E-state index is 11.4. The number of rotatable bonds is 6. The van der Waals surface area contributed by atoms with Gasteiger partial charge in [-0.15, -0.1) is 11.8 Å². The number of nitrogens with zero attached hydrogens (tertiary/aromatic N) is 1. The second-order valence-electron chi connectivity index (χ2n) is 3.48. The second kappa shape index (κ2) is 6.72. The summed E-state index contributed by atoms with van der Waals surface area (Å²) in [4.78, 5) is 24.1. The zero-order valence-corrected chi connectivity index (χ0v) is 9.96. The summed E-state index contributed by atoms with van der Waals surface area (Å²) in [5, 5.41) is 11.8. The number of aliphatic hydroxyl groups excluding tert-OH is 1. The van der Waals surface area contributed by atoms with E-state index in [0.717, 1.165) is 0 Å². The number of carbonyl (C=O) groups excluding carboxylic acids is 2. The van der Waals surface area contributed by atoms with Crippen LogP contribution in [-0.2, 0) is 14.3 Å². The monoisotopic (exact) mass is 248 g/mol. The van der Waals surface area contributed by atoms with Gasteiger partial charge in [-0.2, -0.15) is 0 Å². The van der Waals surface area contributed by atoms with Gasteiger partial charge < -0.3 is 20.1 Å². The number of carbonyl (C=O) groups is 2. The van der Waals surface area contributed by atoms with E-state index in [4.69, 9.17) is 4.74 Å². The largest absolute Gasteiger partial charge is 0.389 e. The van der Waals surface area contributed by atoms with Gasteiger partial charge in [-0.25, -0.2) is 0 Å². The Kier molecular flexibility index (Phi) is 5.58. The molecule has 0 bridgehead atoms. The van der Waals surface area contributed by atoms with Crippen LogP contribution in [0, 0.1) is 0 Å². The lowest BCUT2D eigenvalue weighted by atomic mass is 10.3. The Bertz CT molecular complexity index is 262. The molecule has 0 aromatic rings. The third kappa shape index (κ3) is 4.38. The van der Waals surface area contributed by atoms with Gasteiger partial charge in [0.05, 0.1) is 24.3 Å². The number of ether oxygens (including phenoxy) is 1. The summed E-state index contributed by atoms with van der Waals surface area (Å²) in [6.07, 6.45) is -0.711. The normalized spacial score (nSPS) is 17.6. The van der Waals surface area contributed by atoms with Crippen LogP contribution in [0.15, 0.2) is 0 Å². The minimum absolute atomic E-state index is 0.0161. The van der Waals surface area contributed by atoms with Crippen LogP contribution in [-0.4, -0.2) is 66.4 Å². The number of amides is 2. The average Bonchev–Trinajstić information content (AvgIpc) is 2.62. The van der Waals surface area contributed by atoms with Gasteiger partial charge in [0, 0.05) is 13.7 Å². The summed E-state index contributed by atoms with van der Waals surface area (Å²) in [6, 6.07) is 0. The lowest BCUT2D eigenvalue weighted by Gasteiger charge is -2.15. The van der Waals surface area contributed by atoms with Gasteiger partial charge in [-0.1, -0.05) is 0 Å². The molecular formula is C9H16N2O4S. The van der Waals surface area contributed by atoms with E-state index in [9.17, 15) is 14.7 Å². The molecule has 92 valence electrons. The van der Waals surface area contributed by atoms with Gasteiger partial charge in [-0.05, 0) is 0 Å². The van der Waals surface area contributed by atoms with Crippen LogP contribution >= 0.6 is 11.8 Å². The lowest BCUT2D eigenvalue weighted by Crippen LogP contribution is -2.41. The first-order valence-corrected chi connectivity index (χ1v) is 6.08. The van der Waals surface area contributed by atoms with E-state index < -0.39 is 6.10 Å². The van der Waals surface area contributed by atoms with Gasteiger partial charge in [0.15, 0.2) is 0 Å². The highest BCUT2D eigenvalue weighted by Gasteiger charge is 2.22. The molecule has 2 amide bonds. The first-order valence-electron chi connectivity index (χ1n) is 4.92. The minimum atomic E-state index is -0.711. The highest BCUT2D eigenvalue weighted by atomic mass is 32.2. The van der Waals surface area contributed by atoms with Crippen molar-refractivity contribution in [1.29, 1.82) is 0 Å². The van der Waals surface area contributed by atoms with E-state index in [1.54, 1.807) is 0 Å². The van der Waals surface area contributed by atoms with Crippen LogP contribution in [0.25, 0.3) is 0 Å². The molecule has 1 aliphatic heterocycles. The topological polar surface area (TPSA) is 78.9 Å². The fourth-order valence-electron chi connectivity index (χ4n) is 1.25. The Morgan fingerprint density at radius 1 is 1.75 bits per heavy atom. The van der Waals surface area contributed by atoms with Crippen molar-refractivity contribution >= 4 is 23.6 Å². The third-order valence-electron chi connectivity index (χ3n) is 2.05. The molecule has 1 unspecified atom stereocenters. The van der Waals surface area contributed by atoms with E-state index in [2.05, 4.69) is 5.32 Å². The zero-order valence-electron chi connectivity index (χ0n) is 9.14. The van der Waals surface area contributed by atoms with Gasteiger partial charge in [0.1, 0.15) is 6.54 Å². The van der Waals surface area contributed by atoms with Crippen molar-refractivity contribution in [3.8, 4) is 0 Å². The first kappa shape index (κ1) is 13.3. The molecule has 16 heavy (non-hydrogen) atoms. The quantitative estimate of drug-likeness (QED) is 0.607. The van der Waals surface area contributed by atoms with Crippen molar-refractivity contribution in [3.05, 3.63) is 0 Å². The van der Waals surface area contributed by atoms with Gasteiger partial charge >= 0.3 is 0 Å². The van der Waals surface area contributed by atoms with E-state index in [-0.39, 0.29) is 31.5 Å². The molecule has 1 saturated heterocycles. The molecule has 0 aliphatic carbocycles. The molecule has 0 spiro atoms. The van der Waals surface area contributed by atoms with E-state index in [0.29, 0.717) is 11.6 Å². The number of methoxy groups -OCH3 is 1. The molecule has 1 rings (SSSR count). The molecule has 1 heterocycles. The molecule has 2 N–H and O–H groups in total. The van der Waals surface area contributed by atoms with Crippen LogP contribution in [0.5, 0.6) is 0 Å². The van der Waals surface area contributed by atoms with Gasteiger partial charge in [0.25, 0.3) is 0 Å². The van der Waals surface area contributed by atoms with Crippen molar-refractivity contribution in [1.82, 2.24) is 10.2 Å². The molecule has 1 fully saturated rings. The molecular weight excluding hydrogens is 232 g/mol. The summed E-state index contributed by atoms with van der Waals surface area (Å²) in [7, 11) is 1.48. The lowest BCUT2D eigenvalue weighted by molar-refractivity contribution is -0.132. The number of hydrogen-bond acceptors (Lipinski definition) is 5. The summed E-state index contributed by atoms with van der Waals surface area (Å²) in [6.45, 7) is 0.381. The van der Waals surface area contributed by atoms with Crippen LogP contribution in [0.2, 0.25) is 0 Å². The van der Waals surface area contributed by atoms with Crippen LogP contribution in [0.1, 0.15) is 0 Å². The van der Waals surface area contributed by atoms with Crippen molar-refractivity contribution in [3.63, 3.8) is 0 Å². The molecule has 0 aromatic heterocycles. The molecule has 0 radical (unpaired) electrons. The summed E-state index contributed by atoms with van der Waals surface area (Å²) < 4.78 is 4.72. The molecule has 0 saturated carbocycles. The number of hydrogen-bond donors (Lipinski definition) is 2. The van der Waals surface area contributed by atoms with E-state index in [1.165, 1.54) is 23.8 Å². The number of aliphatic hydroxyl groups is 1. The minimum Gasteiger partial charge on any atom is -0.389 e. The Hall–Kier alpha value is -0.790. The Morgan fingerprint density at radius 3 is 3.06 bits per heavy atom. The highest BCUT2D eigenvalue weighted by Crippen LogP contribution is 2.13. The maximum atomic E-state index is 11.4. The molecule has 7 heteroatoms. The van der Waals surface area contributed by atoms with Crippen molar-refractivity contribution in [2.24, 2.45) is 0 Å². The second-order valence-corrected chi connectivity index (χ2v) is 4.44. The SMILES string of the molecule is COCC(O)CNC(=O)CN1CSCC1=O. The molecule has 0 aromatic carbocycles. The predicted molar refractivity (Wildman–Crippen MR) is 59.9 cm³/mol. The van der Waals surface area contributed by atoms with E-state index >= 15 is 0 Å². The highest BCUT2D eigenvalue weighted by molar-refractivity contribution is 8.00. The molecule has 1 aliphatic rings. The van der Waals surface area contributed by atoms with Crippen molar-refractivity contribution in [2.75, 3.05) is 38.4 Å². The summed E-state index contributed by atoms with van der Waals surface area (Å²) in [5.74, 6) is 0.732. The van der Waals surface area contributed by atoms with Crippen LogP contribution in [0.4, 0.5) is 0 Å². The fraction of sp³-hybridized carbons (Fsp3) is 0.778. The number of thioether (sulfide) groups is 1. The third-order valence-corrected chi connectivity index (χ3v) is 3.00. The van der Waals surface area contributed by atoms with Gasteiger partial charge in [-0.3, -0.25) is 9.59 Å². The van der Waals surface area contributed by atoms with Crippen LogP contribution in [0.3, 0.4) is 0 Å². The smallest absolute Gasteiger partial charge is 0.239 e. The Morgan fingerprint density at radius 2 is 2.50 bits per heavy atom. The molecule has 1 atom stereocenters. The molecule has 6 nitrogen and oxygen atoms in total. The average molecular weight is 248 g/mol. The summed E-state index contributed by atoms with van der Waals surface area (Å²) >= 11 is 1.49. The Labute approximate surface area is 98.3 Å². The first-order chi connectivity index (χ1) is 7.63.